The lowest BCUT2D eigenvalue weighted by atomic mass is 10.3. The van der Waals surface area contributed by atoms with Crippen LogP contribution in [0.5, 0.6) is 0 Å². The number of H-pyrrole nitrogens is 1. The molecule has 0 amide bonds. The van der Waals surface area contributed by atoms with Crippen LogP contribution in [-0.4, -0.2) is 22.2 Å². The Morgan fingerprint density at radius 3 is 2.71 bits per heavy atom. The van der Waals surface area contributed by atoms with E-state index in [2.05, 4.69) is 15.2 Å². The number of rotatable bonds is 2. The van der Waals surface area contributed by atoms with Gasteiger partial charge in [-0.2, -0.15) is 0 Å². The summed E-state index contributed by atoms with van der Waals surface area (Å²) in [6.07, 6.45) is 3.32. The smallest absolute Gasteiger partial charge is 0.230 e. The molecule has 0 saturated heterocycles. The van der Waals surface area contributed by atoms with Crippen molar-refractivity contribution in [3.8, 4) is 0 Å². The molecule has 2 rings (SSSR count). The molecule has 0 aliphatic carbocycles. The molecule has 0 bridgehead atoms. The molecule has 0 unspecified atom stereocenters. The summed E-state index contributed by atoms with van der Waals surface area (Å²) in [5.74, 6) is 0.889. The summed E-state index contributed by atoms with van der Waals surface area (Å²) in [5.41, 5.74) is 7.39. The standard InChI is InChI=1S/C8H11N5O/c1-5-3-14-4-6(5)13(2)8-10-7(9)11-12-8/h3-4H,1-2H3,(H3,9,10,11,12). The number of anilines is 3. The van der Waals surface area contributed by atoms with Crippen molar-refractivity contribution < 1.29 is 4.42 Å². The molecule has 0 saturated carbocycles. The number of hydrogen-bond donors (Lipinski definition) is 2. The van der Waals surface area contributed by atoms with Crippen LogP contribution in [0.4, 0.5) is 17.6 Å². The van der Waals surface area contributed by atoms with Gasteiger partial charge < -0.3 is 15.1 Å². The molecule has 6 nitrogen and oxygen atoms in total. The minimum Gasteiger partial charge on any atom is -0.470 e. The van der Waals surface area contributed by atoms with Crippen LogP contribution in [0.2, 0.25) is 0 Å². The molecule has 0 spiro atoms. The van der Waals surface area contributed by atoms with E-state index in [-0.39, 0.29) is 0 Å². The molecule has 2 aromatic heterocycles. The molecule has 0 aliphatic rings. The maximum Gasteiger partial charge on any atom is 0.230 e. The third-order valence-electron chi connectivity index (χ3n) is 2.00. The molecule has 74 valence electrons. The van der Waals surface area contributed by atoms with Gasteiger partial charge in [0.25, 0.3) is 0 Å². The SMILES string of the molecule is Cc1cocc1N(C)c1nnc(N)[nH]1. The molecule has 2 aromatic rings. The van der Waals surface area contributed by atoms with Gasteiger partial charge in [-0.25, -0.2) is 0 Å². The molecule has 0 radical (unpaired) electrons. The predicted octanol–water partition coefficient (Wildman–Crippen LogP) is 1.06. The minimum absolute atomic E-state index is 0.299. The van der Waals surface area contributed by atoms with Crippen molar-refractivity contribution >= 4 is 17.6 Å². The fourth-order valence-corrected chi connectivity index (χ4v) is 1.23. The van der Waals surface area contributed by atoms with Gasteiger partial charge in [-0.1, -0.05) is 0 Å². The van der Waals surface area contributed by atoms with Gasteiger partial charge in [0.05, 0.1) is 12.0 Å². The summed E-state index contributed by atoms with van der Waals surface area (Å²) in [7, 11) is 1.86. The average Bonchev–Trinajstić information content (AvgIpc) is 2.73. The number of aryl methyl sites for hydroxylation is 1. The molecule has 0 fully saturated rings. The van der Waals surface area contributed by atoms with E-state index in [1.54, 1.807) is 12.5 Å². The first kappa shape index (κ1) is 8.61. The van der Waals surface area contributed by atoms with E-state index in [9.17, 15) is 0 Å². The van der Waals surface area contributed by atoms with E-state index >= 15 is 0 Å². The molecule has 0 atom stereocenters. The van der Waals surface area contributed by atoms with Gasteiger partial charge in [0.1, 0.15) is 6.26 Å². The largest absolute Gasteiger partial charge is 0.470 e. The van der Waals surface area contributed by atoms with Crippen molar-refractivity contribution in [1.82, 2.24) is 15.2 Å². The molecule has 14 heavy (non-hydrogen) atoms. The molecule has 2 heterocycles. The Bertz CT molecular complexity index is 432. The number of nitrogen functional groups attached to an aromatic ring is 1. The van der Waals surface area contributed by atoms with Crippen LogP contribution in [0.15, 0.2) is 16.9 Å². The van der Waals surface area contributed by atoms with Crippen LogP contribution >= 0.6 is 0 Å². The predicted molar refractivity (Wildman–Crippen MR) is 52.3 cm³/mol. The Kier molecular flexibility index (Phi) is 1.88. The third-order valence-corrected chi connectivity index (χ3v) is 2.00. The quantitative estimate of drug-likeness (QED) is 0.744. The van der Waals surface area contributed by atoms with Crippen molar-refractivity contribution in [3.63, 3.8) is 0 Å². The first-order valence-electron chi connectivity index (χ1n) is 4.13. The lowest BCUT2D eigenvalue weighted by molar-refractivity contribution is 0.565. The summed E-state index contributed by atoms with van der Waals surface area (Å²) in [6.45, 7) is 1.95. The summed E-state index contributed by atoms with van der Waals surface area (Å²) in [5, 5.41) is 7.54. The summed E-state index contributed by atoms with van der Waals surface area (Å²) in [6, 6.07) is 0. The van der Waals surface area contributed by atoms with Crippen molar-refractivity contribution in [2.45, 2.75) is 6.92 Å². The highest BCUT2D eigenvalue weighted by atomic mass is 16.3. The van der Waals surface area contributed by atoms with Crippen molar-refractivity contribution in [2.75, 3.05) is 17.7 Å². The summed E-state index contributed by atoms with van der Waals surface area (Å²) >= 11 is 0. The van der Waals surface area contributed by atoms with Crippen LogP contribution in [0.25, 0.3) is 0 Å². The van der Waals surface area contributed by atoms with E-state index in [1.807, 2.05) is 18.9 Å². The molecular weight excluding hydrogens is 182 g/mol. The van der Waals surface area contributed by atoms with Crippen molar-refractivity contribution in [3.05, 3.63) is 18.1 Å². The number of nitrogens with zero attached hydrogens (tertiary/aromatic N) is 3. The number of hydrogen-bond acceptors (Lipinski definition) is 5. The number of nitrogens with one attached hydrogen (secondary N) is 1. The highest BCUT2D eigenvalue weighted by molar-refractivity contribution is 5.59. The lowest BCUT2D eigenvalue weighted by Gasteiger charge is -2.13. The Hall–Kier alpha value is -1.98. The Morgan fingerprint density at radius 1 is 1.43 bits per heavy atom. The maximum absolute atomic E-state index is 5.43. The zero-order valence-electron chi connectivity index (χ0n) is 7.98. The molecule has 6 heteroatoms. The van der Waals surface area contributed by atoms with E-state index in [1.165, 1.54) is 0 Å². The monoisotopic (exact) mass is 193 g/mol. The number of aromatic nitrogens is 3. The van der Waals surface area contributed by atoms with Crippen LogP contribution in [0, 0.1) is 6.92 Å². The lowest BCUT2D eigenvalue weighted by Crippen LogP contribution is -2.11. The fraction of sp³-hybridized carbons (Fsp3) is 0.250. The van der Waals surface area contributed by atoms with Gasteiger partial charge in [0.15, 0.2) is 0 Å². The van der Waals surface area contributed by atoms with Crippen molar-refractivity contribution in [1.29, 1.82) is 0 Å². The van der Waals surface area contributed by atoms with Gasteiger partial charge in [0.2, 0.25) is 11.9 Å². The molecule has 0 aliphatic heterocycles. The van der Waals surface area contributed by atoms with Gasteiger partial charge >= 0.3 is 0 Å². The van der Waals surface area contributed by atoms with Crippen LogP contribution in [0.3, 0.4) is 0 Å². The van der Waals surface area contributed by atoms with Gasteiger partial charge in [-0.15, -0.1) is 10.2 Å². The number of nitrogens with two attached hydrogens (primary N) is 1. The minimum atomic E-state index is 0.299. The Balaban J connectivity index is 2.33. The van der Waals surface area contributed by atoms with Crippen molar-refractivity contribution in [2.24, 2.45) is 0 Å². The molecule has 3 N–H and O–H groups in total. The topological polar surface area (TPSA) is 84.0 Å². The van der Waals surface area contributed by atoms with E-state index < -0.39 is 0 Å². The zero-order valence-corrected chi connectivity index (χ0v) is 7.98. The fourth-order valence-electron chi connectivity index (χ4n) is 1.23. The molecular formula is C8H11N5O. The second-order valence-corrected chi connectivity index (χ2v) is 3.03. The summed E-state index contributed by atoms with van der Waals surface area (Å²) in [4.78, 5) is 4.65. The van der Waals surface area contributed by atoms with Crippen LogP contribution in [-0.2, 0) is 0 Å². The van der Waals surface area contributed by atoms with Crippen LogP contribution < -0.4 is 10.6 Å². The number of furan rings is 1. The highest BCUT2D eigenvalue weighted by Gasteiger charge is 2.11. The number of aromatic amines is 1. The first-order chi connectivity index (χ1) is 6.68. The van der Waals surface area contributed by atoms with E-state index in [4.69, 9.17) is 10.2 Å². The third kappa shape index (κ3) is 1.30. The van der Waals surface area contributed by atoms with Crippen LogP contribution in [0.1, 0.15) is 5.56 Å². The molecule has 0 aromatic carbocycles. The van der Waals surface area contributed by atoms with Gasteiger partial charge in [-0.05, 0) is 6.92 Å². The zero-order chi connectivity index (χ0) is 10.1. The Morgan fingerprint density at radius 2 is 2.21 bits per heavy atom. The first-order valence-corrected chi connectivity index (χ1v) is 4.13. The average molecular weight is 193 g/mol. The Labute approximate surface area is 80.7 Å². The van der Waals surface area contributed by atoms with Gasteiger partial charge in [0, 0.05) is 12.6 Å². The summed E-state index contributed by atoms with van der Waals surface area (Å²) < 4.78 is 5.06. The highest BCUT2D eigenvalue weighted by Crippen LogP contribution is 2.24. The maximum atomic E-state index is 5.43. The second-order valence-electron chi connectivity index (χ2n) is 3.03. The normalized spacial score (nSPS) is 10.4. The van der Waals surface area contributed by atoms with E-state index in [0.717, 1.165) is 11.3 Å². The van der Waals surface area contributed by atoms with E-state index in [0.29, 0.717) is 11.9 Å². The van der Waals surface area contributed by atoms with Gasteiger partial charge in [-0.3, -0.25) is 4.98 Å². The second kappa shape index (κ2) is 3.06.